The summed E-state index contributed by atoms with van der Waals surface area (Å²) in [5.74, 6) is 0. The number of carbonyl (C=O) groups is 1. The average Bonchev–Trinajstić information content (AvgIpc) is 3.43. The third-order valence-electron chi connectivity index (χ3n) is 9.39. The van der Waals surface area contributed by atoms with Gasteiger partial charge >= 0.3 is 0 Å². The summed E-state index contributed by atoms with van der Waals surface area (Å²) in [6.45, 7) is 0. The van der Waals surface area contributed by atoms with Crippen molar-refractivity contribution in [2.45, 2.75) is 0 Å². The van der Waals surface area contributed by atoms with Gasteiger partial charge in [0.05, 0.1) is 5.02 Å². The van der Waals surface area contributed by atoms with Crippen molar-refractivity contribution in [2.75, 3.05) is 0 Å². The van der Waals surface area contributed by atoms with Crippen LogP contribution in [0.15, 0.2) is 144 Å². The lowest BCUT2D eigenvalue weighted by atomic mass is 9.81. The molecule has 8 aromatic carbocycles. The van der Waals surface area contributed by atoms with E-state index in [1.165, 1.54) is 65.9 Å². The molecule has 216 valence electrons. The van der Waals surface area contributed by atoms with Gasteiger partial charge < -0.3 is 0 Å². The standard InChI is InChI=1S/C43H24BrClO/c44-37-23-34(29(24-46)22-38(37)45)28-18-19-32-35(20-28)40(26-12-5-2-6-13-26)42-33-17-9-16-31-30-15-8-7-14-27(30)21-36(41(31)33)43(42)39(32)25-10-3-1-4-11-25/h1-24H. The van der Waals surface area contributed by atoms with E-state index in [9.17, 15) is 4.79 Å². The Labute approximate surface area is 279 Å². The molecule has 9 rings (SSSR count). The van der Waals surface area contributed by atoms with Crippen LogP contribution in [-0.2, 0) is 0 Å². The highest BCUT2D eigenvalue weighted by molar-refractivity contribution is 9.10. The Kier molecular flexibility index (Phi) is 6.25. The molecule has 0 radical (unpaired) electrons. The molecule has 0 N–H and O–H groups in total. The van der Waals surface area contributed by atoms with Gasteiger partial charge in [0.2, 0.25) is 0 Å². The second-order valence-corrected chi connectivity index (χ2v) is 13.1. The van der Waals surface area contributed by atoms with E-state index in [0.717, 1.165) is 32.8 Å². The van der Waals surface area contributed by atoms with Gasteiger partial charge in [0.25, 0.3) is 0 Å². The van der Waals surface area contributed by atoms with Gasteiger partial charge in [-0.15, -0.1) is 0 Å². The zero-order valence-corrected chi connectivity index (χ0v) is 26.9. The van der Waals surface area contributed by atoms with E-state index in [0.29, 0.717) is 10.6 Å². The van der Waals surface area contributed by atoms with Crippen LogP contribution in [0.5, 0.6) is 0 Å². The van der Waals surface area contributed by atoms with Gasteiger partial charge in [0.15, 0.2) is 6.29 Å². The molecule has 1 aliphatic carbocycles. The first kappa shape index (κ1) is 27.3. The molecule has 0 aromatic heterocycles. The fourth-order valence-electron chi connectivity index (χ4n) is 7.48. The summed E-state index contributed by atoms with van der Waals surface area (Å²) in [4.78, 5) is 12.3. The summed E-state index contributed by atoms with van der Waals surface area (Å²) >= 11 is 10.0. The third-order valence-corrected chi connectivity index (χ3v) is 10.6. The summed E-state index contributed by atoms with van der Waals surface area (Å²) < 4.78 is 0.756. The van der Waals surface area contributed by atoms with Crippen molar-refractivity contribution in [2.24, 2.45) is 0 Å². The van der Waals surface area contributed by atoms with Gasteiger partial charge in [0.1, 0.15) is 0 Å². The molecule has 1 aliphatic rings. The molecule has 0 spiro atoms. The second kappa shape index (κ2) is 10.5. The fraction of sp³-hybridized carbons (Fsp3) is 0. The molecule has 0 saturated carbocycles. The number of benzene rings is 8. The van der Waals surface area contributed by atoms with Crippen molar-refractivity contribution in [1.82, 2.24) is 0 Å². The Morgan fingerprint density at radius 1 is 0.478 bits per heavy atom. The molecule has 0 unspecified atom stereocenters. The van der Waals surface area contributed by atoms with Crippen LogP contribution < -0.4 is 0 Å². The van der Waals surface area contributed by atoms with E-state index >= 15 is 0 Å². The molecule has 1 nitrogen and oxygen atoms in total. The van der Waals surface area contributed by atoms with E-state index in [-0.39, 0.29) is 0 Å². The van der Waals surface area contributed by atoms with Crippen molar-refractivity contribution in [1.29, 1.82) is 0 Å². The Morgan fingerprint density at radius 3 is 1.87 bits per heavy atom. The molecule has 0 aliphatic heterocycles. The quantitative estimate of drug-likeness (QED) is 0.134. The van der Waals surface area contributed by atoms with Crippen LogP contribution in [0.1, 0.15) is 10.4 Å². The average molecular weight is 672 g/mol. The highest BCUT2D eigenvalue weighted by Gasteiger charge is 2.31. The van der Waals surface area contributed by atoms with Crippen LogP contribution >= 0.6 is 27.5 Å². The van der Waals surface area contributed by atoms with Crippen LogP contribution in [0.4, 0.5) is 0 Å². The Morgan fingerprint density at radius 2 is 1.13 bits per heavy atom. The summed E-state index contributed by atoms with van der Waals surface area (Å²) in [6, 6.07) is 49.6. The van der Waals surface area contributed by atoms with Crippen LogP contribution in [0, 0.1) is 0 Å². The molecular formula is C43H24BrClO. The second-order valence-electron chi connectivity index (χ2n) is 11.8. The number of halogens is 2. The molecule has 0 saturated heterocycles. The Bertz CT molecular complexity index is 2550. The van der Waals surface area contributed by atoms with Crippen LogP contribution in [0.3, 0.4) is 0 Å². The third kappa shape index (κ3) is 3.97. The van der Waals surface area contributed by atoms with E-state index in [1.807, 2.05) is 6.07 Å². The maximum absolute atomic E-state index is 12.3. The van der Waals surface area contributed by atoms with Gasteiger partial charge in [-0.05, 0) is 128 Å². The lowest BCUT2D eigenvalue weighted by Gasteiger charge is -2.21. The predicted octanol–water partition coefficient (Wildman–Crippen LogP) is 13.0. The van der Waals surface area contributed by atoms with E-state index in [4.69, 9.17) is 11.6 Å². The number of fused-ring (bicyclic) bond motifs is 6. The molecule has 46 heavy (non-hydrogen) atoms. The summed E-state index contributed by atoms with van der Waals surface area (Å²) in [5.41, 5.74) is 12.1. The van der Waals surface area contributed by atoms with E-state index in [2.05, 4.69) is 143 Å². The molecule has 0 heterocycles. The van der Waals surface area contributed by atoms with Crippen molar-refractivity contribution < 1.29 is 4.79 Å². The minimum absolute atomic E-state index is 0.513. The summed E-state index contributed by atoms with van der Waals surface area (Å²) in [5, 5.41) is 7.89. The van der Waals surface area contributed by atoms with Crippen molar-refractivity contribution in [3.8, 4) is 55.6 Å². The maximum atomic E-state index is 12.3. The van der Waals surface area contributed by atoms with Crippen molar-refractivity contribution >= 4 is 66.1 Å². The number of rotatable bonds is 4. The molecule has 0 fully saturated rings. The number of hydrogen-bond donors (Lipinski definition) is 0. The first-order valence-electron chi connectivity index (χ1n) is 15.3. The molecule has 0 amide bonds. The van der Waals surface area contributed by atoms with Crippen LogP contribution in [0.2, 0.25) is 5.02 Å². The number of aldehydes is 1. The minimum Gasteiger partial charge on any atom is -0.298 e. The maximum Gasteiger partial charge on any atom is 0.150 e. The zero-order valence-electron chi connectivity index (χ0n) is 24.5. The largest absolute Gasteiger partial charge is 0.298 e. The van der Waals surface area contributed by atoms with Crippen LogP contribution in [0.25, 0.3) is 88.0 Å². The Hall–Kier alpha value is -5.02. The van der Waals surface area contributed by atoms with Crippen molar-refractivity contribution in [3.63, 3.8) is 0 Å². The minimum atomic E-state index is 0.513. The predicted molar refractivity (Wildman–Crippen MR) is 198 cm³/mol. The molecule has 8 aromatic rings. The van der Waals surface area contributed by atoms with E-state index in [1.54, 1.807) is 6.07 Å². The van der Waals surface area contributed by atoms with Crippen LogP contribution in [-0.4, -0.2) is 6.29 Å². The monoisotopic (exact) mass is 670 g/mol. The highest BCUT2D eigenvalue weighted by Crippen LogP contribution is 2.58. The number of carbonyl (C=O) groups excluding carboxylic acids is 1. The van der Waals surface area contributed by atoms with Gasteiger partial charge in [0, 0.05) is 10.0 Å². The summed E-state index contributed by atoms with van der Waals surface area (Å²) in [6.07, 6.45) is 0.885. The summed E-state index contributed by atoms with van der Waals surface area (Å²) in [7, 11) is 0. The van der Waals surface area contributed by atoms with Crippen molar-refractivity contribution in [3.05, 3.63) is 155 Å². The van der Waals surface area contributed by atoms with Gasteiger partial charge in [-0.25, -0.2) is 0 Å². The van der Waals surface area contributed by atoms with Gasteiger partial charge in [-0.3, -0.25) is 4.79 Å². The fourth-order valence-corrected chi connectivity index (χ4v) is 8.00. The smallest absolute Gasteiger partial charge is 0.150 e. The number of hydrogen-bond acceptors (Lipinski definition) is 1. The normalized spacial score (nSPS) is 11.8. The Balaban J connectivity index is 1.51. The molecule has 3 heteroatoms. The lowest BCUT2D eigenvalue weighted by molar-refractivity contribution is 0.112. The lowest BCUT2D eigenvalue weighted by Crippen LogP contribution is -1.95. The molecule has 0 bridgehead atoms. The SMILES string of the molecule is O=Cc1cc(Cl)c(Br)cc1-c1ccc2c(-c3ccccc3)c3c(c(-c4ccccc4)c2c1)-c1cccc2c1c-3cc1ccccc12. The van der Waals surface area contributed by atoms with Gasteiger partial charge in [-0.1, -0.05) is 127 Å². The molecular weight excluding hydrogens is 648 g/mol. The van der Waals surface area contributed by atoms with E-state index < -0.39 is 0 Å². The first-order chi connectivity index (χ1) is 22.6. The first-order valence-corrected chi connectivity index (χ1v) is 16.4. The van der Waals surface area contributed by atoms with Gasteiger partial charge in [-0.2, -0.15) is 0 Å². The topological polar surface area (TPSA) is 17.1 Å². The highest BCUT2D eigenvalue weighted by atomic mass is 79.9. The molecule has 0 atom stereocenters. The zero-order chi connectivity index (χ0) is 30.9.